The van der Waals surface area contributed by atoms with Crippen LogP contribution in [0.15, 0.2) is 36.9 Å². The van der Waals surface area contributed by atoms with Gasteiger partial charge < -0.3 is 14.7 Å². The van der Waals surface area contributed by atoms with Crippen LogP contribution in [-0.4, -0.2) is 42.1 Å². The molecule has 1 rings (SSSR count). The molecule has 0 radical (unpaired) electrons. The van der Waals surface area contributed by atoms with E-state index in [1.165, 1.54) is 18.1 Å². The minimum atomic E-state index is -1.07. The van der Waals surface area contributed by atoms with E-state index in [0.717, 1.165) is 0 Å². The lowest BCUT2D eigenvalue weighted by molar-refractivity contribution is -0.137. The lowest BCUT2D eigenvalue weighted by Gasteiger charge is -2.20. The number of methoxy groups -OCH3 is 1. The number of hydrogen-bond acceptors (Lipinski definition) is 3. The normalized spacial score (nSPS) is 9.61. The molecule has 0 aliphatic carbocycles. The summed E-state index contributed by atoms with van der Waals surface area (Å²) in [6.45, 7) is 3.31. The van der Waals surface area contributed by atoms with Crippen LogP contribution in [0.25, 0.3) is 0 Å². The first-order valence-electron chi connectivity index (χ1n) is 5.35. The highest BCUT2D eigenvalue weighted by atomic mass is 16.5. The van der Waals surface area contributed by atoms with E-state index in [4.69, 9.17) is 9.84 Å². The van der Waals surface area contributed by atoms with Crippen molar-refractivity contribution in [2.75, 3.05) is 20.2 Å². The highest BCUT2D eigenvalue weighted by Crippen LogP contribution is 2.19. The molecule has 0 bridgehead atoms. The van der Waals surface area contributed by atoms with Gasteiger partial charge in [0.25, 0.3) is 5.91 Å². The third-order valence-corrected chi connectivity index (χ3v) is 2.30. The molecule has 0 aromatic heterocycles. The molecule has 1 N–H and O–H groups in total. The predicted molar refractivity (Wildman–Crippen MR) is 66.7 cm³/mol. The molecule has 5 nitrogen and oxygen atoms in total. The van der Waals surface area contributed by atoms with Gasteiger partial charge in [-0.1, -0.05) is 18.2 Å². The molecule has 0 saturated heterocycles. The zero-order valence-corrected chi connectivity index (χ0v) is 10.1. The van der Waals surface area contributed by atoms with E-state index in [-0.39, 0.29) is 13.1 Å². The second kappa shape index (κ2) is 6.44. The first-order chi connectivity index (χ1) is 8.60. The Morgan fingerprint density at radius 3 is 2.67 bits per heavy atom. The van der Waals surface area contributed by atoms with Crippen LogP contribution in [0.1, 0.15) is 10.4 Å². The maximum Gasteiger partial charge on any atom is 0.323 e. The molecule has 0 unspecified atom stereocenters. The van der Waals surface area contributed by atoms with E-state index in [1.807, 2.05) is 0 Å². The fourth-order valence-electron chi connectivity index (χ4n) is 1.53. The van der Waals surface area contributed by atoms with Gasteiger partial charge >= 0.3 is 5.97 Å². The van der Waals surface area contributed by atoms with Crippen LogP contribution < -0.4 is 4.74 Å². The van der Waals surface area contributed by atoms with E-state index in [9.17, 15) is 9.59 Å². The second-order valence-electron chi connectivity index (χ2n) is 3.57. The molecular weight excluding hydrogens is 234 g/mol. The van der Waals surface area contributed by atoms with Crippen LogP contribution in [0.5, 0.6) is 5.75 Å². The maximum absolute atomic E-state index is 12.2. The summed E-state index contributed by atoms with van der Waals surface area (Å²) < 4.78 is 5.08. The van der Waals surface area contributed by atoms with E-state index < -0.39 is 11.9 Å². The summed E-state index contributed by atoms with van der Waals surface area (Å²) >= 11 is 0. The Balaban J connectivity index is 3.00. The van der Waals surface area contributed by atoms with Crippen molar-refractivity contribution in [1.29, 1.82) is 0 Å². The molecule has 0 aliphatic rings. The molecule has 96 valence electrons. The van der Waals surface area contributed by atoms with Crippen molar-refractivity contribution in [2.45, 2.75) is 0 Å². The summed E-state index contributed by atoms with van der Waals surface area (Å²) in [5, 5.41) is 8.77. The predicted octanol–water partition coefficient (Wildman–Crippen LogP) is 1.41. The lowest BCUT2D eigenvalue weighted by Crippen LogP contribution is -2.35. The van der Waals surface area contributed by atoms with Crippen LogP contribution in [0, 0.1) is 0 Å². The Hall–Kier alpha value is -2.30. The first kappa shape index (κ1) is 13.8. The summed E-state index contributed by atoms with van der Waals surface area (Å²) in [7, 11) is 1.46. The Morgan fingerprint density at radius 1 is 1.44 bits per heavy atom. The summed E-state index contributed by atoms with van der Waals surface area (Å²) in [5.74, 6) is -1.04. The minimum absolute atomic E-state index is 0.170. The van der Waals surface area contributed by atoms with Crippen LogP contribution in [0.4, 0.5) is 0 Å². The number of hydrogen-bond donors (Lipinski definition) is 1. The highest BCUT2D eigenvalue weighted by Gasteiger charge is 2.20. The smallest absolute Gasteiger partial charge is 0.323 e. The number of para-hydroxylation sites is 1. The van der Waals surface area contributed by atoms with E-state index in [0.29, 0.717) is 11.3 Å². The first-order valence-corrected chi connectivity index (χ1v) is 5.35. The maximum atomic E-state index is 12.2. The number of carbonyl (C=O) groups excluding carboxylic acids is 1. The summed E-state index contributed by atoms with van der Waals surface area (Å²) in [4.78, 5) is 24.1. The van der Waals surface area contributed by atoms with Gasteiger partial charge in [-0.3, -0.25) is 9.59 Å². The van der Waals surface area contributed by atoms with Gasteiger partial charge in [0.05, 0.1) is 12.7 Å². The Bertz CT molecular complexity index is 456. The molecule has 1 aromatic rings. The monoisotopic (exact) mass is 249 g/mol. The summed E-state index contributed by atoms with van der Waals surface area (Å²) in [6.07, 6.45) is 1.48. The van der Waals surface area contributed by atoms with Crippen LogP contribution in [0.2, 0.25) is 0 Å². The molecule has 18 heavy (non-hydrogen) atoms. The van der Waals surface area contributed by atoms with Crippen molar-refractivity contribution in [3.8, 4) is 5.75 Å². The van der Waals surface area contributed by atoms with Crippen LogP contribution in [0.3, 0.4) is 0 Å². The molecular formula is C13H15NO4. The molecule has 1 amide bonds. The van der Waals surface area contributed by atoms with Crippen LogP contribution in [-0.2, 0) is 4.79 Å². The van der Waals surface area contributed by atoms with Crippen molar-refractivity contribution in [3.05, 3.63) is 42.5 Å². The van der Waals surface area contributed by atoms with E-state index in [2.05, 4.69) is 6.58 Å². The molecule has 1 aromatic carbocycles. The number of carbonyl (C=O) groups is 2. The third-order valence-electron chi connectivity index (χ3n) is 2.30. The minimum Gasteiger partial charge on any atom is -0.496 e. The fraction of sp³-hybridized carbons (Fsp3) is 0.231. The Morgan fingerprint density at radius 2 is 2.11 bits per heavy atom. The number of carboxylic acids is 1. The van der Waals surface area contributed by atoms with Crippen molar-refractivity contribution in [2.24, 2.45) is 0 Å². The average Bonchev–Trinajstić information content (AvgIpc) is 2.37. The summed E-state index contributed by atoms with van der Waals surface area (Å²) in [5.41, 5.74) is 0.336. The fourth-order valence-corrected chi connectivity index (χ4v) is 1.53. The Labute approximate surface area is 105 Å². The number of amides is 1. The number of ether oxygens (including phenoxy) is 1. The van der Waals surface area contributed by atoms with E-state index >= 15 is 0 Å². The largest absolute Gasteiger partial charge is 0.496 e. The van der Waals surface area contributed by atoms with Gasteiger partial charge in [0, 0.05) is 6.54 Å². The van der Waals surface area contributed by atoms with Crippen molar-refractivity contribution >= 4 is 11.9 Å². The SMILES string of the molecule is C=CCN(CC(=O)O)C(=O)c1ccccc1OC. The van der Waals surface area contributed by atoms with Gasteiger partial charge in [-0.2, -0.15) is 0 Å². The quantitative estimate of drug-likeness (QED) is 0.774. The third kappa shape index (κ3) is 3.35. The van der Waals surface area contributed by atoms with Gasteiger partial charge in [0.1, 0.15) is 12.3 Å². The number of aliphatic carboxylic acids is 1. The number of benzene rings is 1. The second-order valence-corrected chi connectivity index (χ2v) is 3.57. The molecule has 0 heterocycles. The molecule has 0 fully saturated rings. The molecule has 0 aliphatic heterocycles. The van der Waals surface area contributed by atoms with Crippen LogP contribution >= 0.6 is 0 Å². The van der Waals surface area contributed by atoms with E-state index in [1.54, 1.807) is 24.3 Å². The van der Waals surface area contributed by atoms with Gasteiger partial charge in [0.2, 0.25) is 0 Å². The van der Waals surface area contributed by atoms with Gasteiger partial charge in [-0.15, -0.1) is 6.58 Å². The summed E-state index contributed by atoms with van der Waals surface area (Å²) in [6, 6.07) is 6.69. The number of nitrogens with zero attached hydrogens (tertiary/aromatic N) is 1. The van der Waals surface area contributed by atoms with Gasteiger partial charge in [-0.05, 0) is 12.1 Å². The number of carboxylic acid groups (broad SMARTS) is 1. The van der Waals surface area contributed by atoms with Crippen molar-refractivity contribution in [1.82, 2.24) is 4.90 Å². The molecule has 0 saturated carbocycles. The zero-order chi connectivity index (χ0) is 13.5. The Kier molecular flexibility index (Phi) is 4.92. The average molecular weight is 249 g/mol. The molecule has 5 heteroatoms. The van der Waals surface area contributed by atoms with Gasteiger partial charge in [0.15, 0.2) is 0 Å². The topological polar surface area (TPSA) is 66.8 Å². The highest BCUT2D eigenvalue weighted by molar-refractivity contribution is 5.98. The van der Waals surface area contributed by atoms with Crippen molar-refractivity contribution < 1.29 is 19.4 Å². The molecule has 0 spiro atoms. The number of rotatable bonds is 6. The lowest BCUT2D eigenvalue weighted by atomic mass is 10.1. The standard InChI is InChI=1S/C13H15NO4/c1-3-8-14(9-12(15)16)13(17)10-6-4-5-7-11(10)18-2/h3-7H,1,8-9H2,2H3,(H,15,16). The molecule has 0 atom stereocenters. The van der Waals surface area contributed by atoms with Crippen molar-refractivity contribution in [3.63, 3.8) is 0 Å². The zero-order valence-electron chi connectivity index (χ0n) is 10.1. The van der Waals surface area contributed by atoms with Gasteiger partial charge in [-0.25, -0.2) is 0 Å².